The zero-order valence-electron chi connectivity index (χ0n) is 11.1. The molecule has 0 aliphatic rings. The van der Waals surface area contributed by atoms with Gasteiger partial charge in [0, 0.05) is 6.54 Å². The van der Waals surface area contributed by atoms with Crippen molar-refractivity contribution in [2.45, 2.75) is 20.3 Å². The van der Waals surface area contributed by atoms with Crippen LogP contribution in [0.4, 0.5) is 4.39 Å². The molecular weight excluding hydrogens is 249 g/mol. The minimum Gasteiger partial charge on any atom is -0.480 e. The van der Waals surface area contributed by atoms with Gasteiger partial charge in [0.15, 0.2) is 0 Å². The fraction of sp³-hybridized carbons (Fsp3) is 0.429. The second-order valence-electron chi connectivity index (χ2n) is 4.87. The number of hydrogen-bond donors (Lipinski definition) is 1. The van der Waals surface area contributed by atoms with E-state index in [9.17, 15) is 14.0 Å². The van der Waals surface area contributed by atoms with Gasteiger partial charge in [-0.25, -0.2) is 4.39 Å². The third kappa shape index (κ3) is 5.50. The number of carboxylic acids is 1. The number of rotatable bonds is 6. The highest BCUT2D eigenvalue weighted by atomic mass is 19.1. The monoisotopic (exact) mass is 267 g/mol. The van der Waals surface area contributed by atoms with E-state index in [1.165, 1.54) is 23.1 Å². The lowest BCUT2D eigenvalue weighted by atomic mass is 10.1. The van der Waals surface area contributed by atoms with Crippen molar-refractivity contribution in [3.63, 3.8) is 0 Å². The molecule has 0 heterocycles. The Morgan fingerprint density at radius 2 is 2.05 bits per heavy atom. The van der Waals surface area contributed by atoms with E-state index in [0.29, 0.717) is 12.1 Å². The molecular formula is C14H18FNO3. The van der Waals surface area contributed by atoms with Gasteiger partial charge in [0.2, 0.25) is 5.91 Å². The van der Waals surface area contributed by atoms with E-state index in [0.717, 1.165) is 0 Å². The van der Waals surface area contributed by atoms with Gasteiger partial charge in [-0.15, -0.1) is 0 Å². The van der Waals surface area contributed by atoms with Gasteiger partial charge in [0.05, 0.1) is 6.42 Å². The number of nitrogens with zero attached hydrogens (tertiary/aromatic N) is 1. The predicted octanol–water partition coefficient (Wildman–Crippen LogP) is 1.94. The molecule has 0 saturated heterocycles. The molecule has 5 heteroatoms. The second-order valence-corrected chi connectivity index (χ2v) is 4.87. The first-order valence-electron chi connectivity index (χ1n) is 6.12. The van der Waals surface area contributed by atoms with Crippen LogP contribution in [0.15, 0.2) is 24.3 Å². The standard InChI is InChI=1S/C14H18FNO3/c1-10(2)8-16(9-14(18)19)13(17)7-11-4-3-5-12(15)6-11/h3-6,10H,7-9H2,1-2H3,(H,18,19). The number of aliphatic carboxylic acids is 1. The van der Waals surface area contributed by atoms with E-state index >= 15 is 0 Å². The summed E-state index contributed by atoms with van der Waals surface area (Å²) in [6.45, 7) is 3.86. The van der Waals surface area contributed by atoms with Gasteiger partial charge < -0.3 is 10.0 Å². The fourth-order valence-corrected chi connectivity index (χ4v) is 1.79. The number of benzene rings is 1. The van der Waals surface area contributed by atoms with Gasteiger partial charge >= 0.3 is 5.97 Å². The van der Waals surface area contributed by atoms with Crippen LogP contribution < -0.4 is 0 Å². The Kier molecular flexibility index (Phi) is 5.48. The van der Waals surface area contributed by atoms with Crippen molar-refractivity contribution in [2.24, 2.45) is 5.92 Å². The van der Waals surface area contributed by atoms with Crippen molar-refractivity contribution in [1.29, 1.82) is 0 Å². The van der Waals surface area contributed by atoms with Gasteiger partial charge in [-0.3, -0.25) is 9.59 Å². The number of hydrogen-bond acceptors (Lipinski definition) is 2. The van der Waals surface area contributed by atoms with Gasteiger partial charge in [-0.05, 0) is 23.6 Å². The maximum absolute atomic E-state index is 13.0. The van der Waals surface area contributed by atoms with Crippen LogP contribution in [0.2, 0.25) is 0 Å². The lowest BCUT2D eigenvalue weighted by molar-refractivity contribution is -0.144. The summed E-state index contributed by atoms with van der Waals surface area (Å²) in [6, 6.07) is 5.76. The molecule has 1 aromatic carbocycles. The molecule has 0 fully saturated rings. The van der Waals surface area contributed by atoms with E-state index in [4.69, 9.17) is 5.11 Å². The second kappa shape index (κ2) is 6.87. The maximum atomic E-state index is 13.0. The Morgan fingerprint density at radius 3 is 2.58 bits per heavy atom. The molecule has 1 aromatic rings. The lowest BCUT2D eigenvalue weighted by Gasteiger charge is -2.22. The molecule has 0 unspecified atom stereocenters. The largest absolute Gasteiger partial charge is 0.480 e. The first-order chi connectivity index (χ1) is 8.88. The normalized spacial score (nSPS) is 10.5. The Bertz CT molecular complexity index is 460. The van der Waals surface area contributed by atoms with Crippen molar-refractivity contribution in [3.05, 3.63) is 35.6 Å². The molecule has 0 radical (unpaired) electrons. The highest BCUT2D eigenvalue weighted by Gasteiger charge is 2.18. The van der Waals surface area contributed by atoms with Crippen molar-refractivity contribution >= 4 is 11.9 Å². The number of halogens is 1. The van der Waals surface area contributed by atoms with E-state index in [1.54, 1.807) is 6.07 Å². The van der Waals surface area contributed by atoms with Crippen molar-refractivity contribution in [1.82, 2.24) is 4.90 Å². The van der Waals surface area contributed by atoms with Gasteiger partial charge in [-0.2, -0.15) is 0 Å². The minimum absolute atomic E-state index is 0.0117. The fourth-order valence-electron chi connectivity index (χ4n) is 1.79. The molecule has 1 N–H and O–H groups in total. The lowest BCUT2D eigenvalue weighted by Crippen LogP contribution is -2.39. The molecule has 0 bridgehead atoms. The predicted molar refractivity (Wildman–Crippen MR) is 69.2 cm³/mol. The summed E-state index contributed by atoms with van der Waals surface area (Å²) in [6.07, 6.45) is 0.0117. The van der Waals surface area contributed by atoms with Gasteiger partial charge in [-0.1, -0.05) is 26.0 Å². The molecule has 0 aromatic heterocycles. The number of carbonyl (C=O) groups excluding carboxylic acids is 1. The molecule has 0 spiro atoms. The Balaban J connectivity index is 2.73. The SMILES string of the molecule is CC(C)CN(CC(=O)O)C(=O)Cc1cccc(F)c1. The topological polar surface area (TPSA) is 57.6 Å². The van der Waals surface area contributed by atoms with Crippen molar-refractivity contribution in [3.8, 4) is 0 Å². The highest BCUT2D eigenvalue weighted by molar-refractivity contribution is 5.83. The van der Waals surface area contributed by atoms with Crippen LogP contribution in [0.1, 0.15) is 19.4 Å². The summed E-state index contributed by atoms with van der Waals surface area (Å²) in [5.74, 6) is -1.58. The number of carbonyl (C=O) groups is 2. The third-order valence-corrected chi connectivity index (χ3v) is 2.51. The van der Waals surface area contributed by atoms with Crippen molar-refractivity contribution < 1.29 is 19.1 Å². The van der Waals surface area contributed by atoms with E-state index in [2.05, 4.69) is 0 Å². The van der Waals surface area contributed by atoms with E-state index in [-0.39, 0.29) is 24.8 Å². The molecule has 1 rings (SSSR count). The van der Waals surface area contributed by atoms with Crippen LogP contribution >= 0.6 is 0 Å². The smallest absolute Gasteiger partial charge is 0.323 e. The van der Waals surface area contributed by atoms with Crippen LogP contribution in [0, 0.1) is 11.7 Å². The average molecular weight is 267 g/mol. The zero-order chi connectivity index (χ0) is 14.4. The molecule has 0 saturated carbocycles. The first kappa shape index (κ1) is 15.1. The molecule has 0 atom stereocenters. The quantitative estimate of drug-likeness (QED) is 0.857. The van der Waals surface area contributed by atoms with Crippen LogP contribution in [0.25, 0.3) is 0 Å². The van der Waals surface area contributed by atoms with E-state index < -0.39 is 11.8 Å². The van der Waals surface area contributed by atoms with Crippen LogP contribution in [0.3, 0.4) is 0 Å². The van der Waals surface area contributed by atoms with Crippen LogP contribution in [0.5, 0.6) is 0 Å². The highest BCUT2D eigenvalue weighted by Crippen LogP contribution is 2.08. The summed E-state index contributed by atoms with van der Waals surface area (Å²) in [7, 11) is 0. The average Bonchev–Trinajstić information content (AvgIpc) is 2.26. The summed E-state index contributed by atoms with van der Waals surface area (Å²) in [5, 5.41) is 8.80. The van der Waals surface area contributed by atoms with Gasteiger partial charge in [0.25, 0.3) is 0 Å². The number of amides is 1. The number of carboxylic acid groups (broad SMARTS) is 1. The molecule has 0 aliphatic heterocycles. The van der Waals surface area contributed by atoms with E-state index in [1.807, 2.05) is 13.8 Å². The Morgan fingerprint density at radius 1 is 1.37 bits per heavy atom. The summed E-state index contributed by atoms with van der Waals surface area (Å²) in [4.78, 5) is 24.1. The Labute approximate surface area is 111 Å². The van der Waals surface area contributed by atoms with Crippen LogP contribution in [-0.4, -0.2) is 35.0 Å². The third-order valence-electron chi connectivity index (χ3n) is 2.51. The molecule has 4 nitrogen and oxygen atoms in total. The zero-order valence-corrected chi connectivity index (χ0v) is 11.1. The van der Waals surface area contributed by atoms with Gasteiger partial charge in [0.1, 0.15) is 12.4 Å². The van der Waals surface area contributed by atoms with Crippen LogP contribution in [-0.2, 0) is 16.0 Å². The molecule has 0 aliphatic carbocycles. The molecule has 104 valence electrons. The summed E-state index contributed by atoms with van der Waals surface area (Å²) >= 11 is 0. The maximum Gasteiger partial charge on any atom is 0.323 e. The summed E-state index contributed by atoms with van der Waals surface area (Å²) in [5.41, 5.74) is 0.546. The first-order valence-corrected chi connectivity index (χ1v) is 6.12. The van der Waals surface area contributed by atoms with Crippen molar-refractivity contribution in [2.75, 3.05) is 13.1 Å². The molecule has 1 amide bonds. The Hall–Kier alpha value is -1.91. The molecule has 19 heavy (non-hydrogen) atoms. The minimum atomic E-state index is -1.05. The summed E-state index contributed by atoms with van der Waals surface area (Å²) < 4.78 is 13.0.